The molecular weight excluding hydrogens is 166 g/mol. The Balaban J connectivity index is 1.95. The monoisotopic (exact) mass is 177 g/mol. The predicted octanol–water partition coefficient (Wildman–Crippen LogP) is 1.10. The van der Waals surface area contributed by atoms with Gasteiger partial charge in [-0.05, 0) is 17.7 Å². The van der Waals surface area contributed by atoms with Gasteiger partial charge in [-0.2, -0.15) is 0 Å². The Hall–Kier alpha value is -1.22. The third kappa shape index (κ3) is 1.08. The molecule has 3 heteroatoms. The first-order chi connectivity index (χ1) is 6.43. The van der Waals surface area contributed by atoms with E-state index in [9.17, 15) is 0 Å². The number of benzene rings is 1. The van der Waals surface area contributed by atoms with Crippen LogP contribution in [-0.4, -0.2) is 19.9 Å². The van der Waals surface area contributed by atoms with Crippen molar-refractivity contribution in [3.63, 3.8) is 0 Å². The van der Waals surface area contributed by atoms with Crippen molar-refractivity contribution in [1.82, 2.24) is 5.32 Å². The number of hydrogen-bond donors (Lipinski definition) is 1. The molecule has 3 nitrogen and oxygen atoms in total. The minimum absolute atomic E-state index is 0.363. The molecule has 1 saturated heterocycles. The summed E-state index contributed by atoms with van der Waals surface area (Å²) in [5, 5.41) is 3.26. The van der Waals surface area contributed by atoms with Gasteiger partial charge in [0.05, 0.1) is 0 Å². The van der Waals surface area contributed by atoms with E-state index in [1.807, 2.05) is 6.07 Å². The van der Waals surface area contributed by atoms with Crippen molar-refractivity contribution in [3.05, 3.63) is 23.8 Å². The number of hydrogen-bond acceptors (Lipinski definition) is 3. The molecule has 1 N–H and O–H groups in total. The summed E-state index contributed by atoms with van der Waals surface area (Å²) in [5.41, 5.74) is 1.35. The summed E-state index contributed by atoms with van der Waals surface area (Å²) in [6, 6.07) is 6.21. The second kappa shape index (κ2) is 2.64. The van der Waals surface area contributed by atoms with Gasteiger partial charge in [0.25, 0.3) is 0 Å². The Bertz CT molecular complexity index is 334. The molecule has 2 aliphatic heterocycles. The van der Waals surface area contributed by atoms with Crippen LogP contribution in [0.3, 0.4) is 0 Å². The Morgan fingerprint density at radius 3 is 2.77 bits per heavy atom. The van der Waals surface area contributed by atoms with Crippen molar-refractivity contribution in [2.75, 3.05) is 19.9 Å². The normalized spacial score (nSPS) is 20.0. The lowest BCUT2D eigenvalue weighted by atomic mass is 9.93. The van der Waals surface area contributed by atoms with E-state index >= 15 is 0 Å². The molecule has 0 atom stereocenters. The maximum absolute atomic E-state index is 5.32. The molecule has 13 heavy (non-hydrogen) atoms. The Morgan fingerprint density at radius 2 is 2.00 bits per heavy atom. The molecule has 2 heterocycles. The summed E-state index contributed by atoms with van der Waals surface area (Å²) in [4.78, 5) is 0. The fourth-order valence-corrected chi connectivity index (χ4v) is 1.69. The van der Waals surface area contributed by atoms with E-state index in [1.165, 1.54) is 5.56 Å². The summed E-state index contributed by atoms with van der Waals surface area (Å²) < 4.78 is 10.6. The van der Waals surface area contributed by atoms with Crippen LogP contribution in [0, 0.1) is 0 Å². The highest BCUT2D eigenvalue weighted by Gasteiger charge is 2.21. The molecule has 0 radical (unpaired) electrons. The minimum Gasteiger partial charge on any atom is -0.454 e. The highest BCUT2D eigenvalue weighted by atomic mass is 16.7. The van der Waals surface area contributed by atoms with E-state index in [1.54, 1.807) is 0 Å². The second-order valence-electron chi connectivity index (χ2n) is 3.47. The number of ether oxygens (including phenoxy) is 2. The van der Waals surface area contributed by atoms with Crippen LogP contribution in [0.1, 0.15) is 11.5 Å². The van der Waals surface area contributed by atoms with Crippen LogP contribution in [0.4, 0.5) is 0 Å². The van der Waals surface area contributed by atoms with Crippen molar-refractivity contribution in [2.45, 2.75) is 5.92 Å². The summed E-state index contributed by atoms with van der Waals surface area (Å²) in [5.74, 6) is 2.43. The first-order valence-electron chi connectivity index (χ1n) is 4.54. The number of fused-ring (bicyclic) bond motifs is 1. The molecule has 0 bridgehead atoms. The van der Waals surface area contributed by atoms with Crippen LogP contribution in [-0.2, 0) is 0 Å². The minimum atomic E-state index is 0.363. The molecule has 2 aliphatic rings. The molecule has 3 rings (SSSR count). The smallest absolute Gasteiger partial charge is 0.231 e. The van der Waals surface area contributed by atoms with Crippen molar-refractivity contribution in [3.8, 4) is 11.5 Å². The number of rotatable bonds is 1. The molecule has 0 aromatic heterocycles. The van der Waals surface area contributed by atoms with Crippen LogP contribution >= 0.6 is 0 Å². The fourth-order valence-electron chi connectivity index (χ4n) is 1.69. The van der Waals surface area contributed by atoms with Gasteiger partial charge >= 0.3 is 0 Å². The van der Waals surface area contributed by atoms with Gasteiger partial charge in [-0.3, -0.25) is 0 Å². The van der Waals surface area contributed by atoms with Gasteiger partial charge in [-0.1, -0.05) is 6.07 Å². The SMILES string of the molecule is c1cc2c(cc1C1CNC1)OCO2. The summed E-state index contributed by atoms with van der Waals surface area (Å²) in [6.45, 7) is 2.53. The van der Waals surface area contributed by atoms with E-state index in [-0.39, 0.29) is 0 Å². The van der Waals surface area contributed by atoms with Crippen LogP contribution in [0.25, 0.3) is 0 Å². The first-order valence-corrected chi connectivity index (χ1v) is 4.54. The summed E-state index contributed by atoms with van der Waals surface area (Å²) in [7, 11) is 0. The van der Waals surface area contributed by atoms with Crippen LogP contribution in [0.15, 0.2) is 18.2 Å². The van der Waals surface area contributed by atoms with Gasteiger partial charge in [0.1, 0.15) is 0 Å². The summed E-state index contributed by atoms with van der Waals surface area (Å²) in [6.07, 6.45) is 0. The van der Waals surface area contributed by atoms with E-state index in [2.05, 4.69) is 17.4 Å². The van der Waals surface area contributed by atoms with E-state index in [4.69, 9.17) is 9.47 Å². The first kappa shape index (κ1) is 7.21. The average Bonchev–Trinajstić information content (AvgIpc) is 2.47. The molecule has 0 amide bonds. The molecule has 0 saturated carbocycles. The van der Waals surface area contributed by atoms with Gasteiger partial charge < -0.3 is 14.8 Å². The van der Waals surface area contributed by atoms with Crippen molar-refractivity contribution >= 4 is 0 Å². The summed E-state index contributed by atoms with van der Waals surface area (Å²) >= 11 is 0. The highest BCUT2D eigenvalue weighted by molar-refractivity contribution is 5.45. The number of nitrogens with one attached hydrogen (secondary N) is 1. The molecule has 1 aromatic carbocycles. The highest BCUT2D eigenvalue weighted by Crippen LogP contribution is 2.35. The van der Waals surface area contributed by atoms with Gasteiger partial charge in [0, 0.05) is 19.0 Å². The molecule has 1 fully saturated rings. The van der Waals surface area contributed by atoms with Crippen molar-refractivity contribution in [1.29, 1.82) is 0 Å². The lowest BCUT2D eigenvalue weighted by Crippen LogP contribution is -2.39. The maximum atomic E-state index is 5.32. The quantitative estimate of drug-likeness (QED) is 0.696. The fraction of sp³-hybridized carbons (Fsp3) is 0.400. The van der Waals surface area contributed by atoms with Crippen LogP contribution < -0.4 is 14.8 Å². The van der Waals surface area contributed by atoms with E-state index in [0.29, 0.717) is 12.7 Å². The predicted molar refractivity (Wildman–Crippen MR) is 48.2 cm³/mol. The third-order valence-corrected chi connectivity index (χ3v) is 2.65. The van der Waals surface area contributed by atoms with Gasteiger partial charge in [0.15, 0.2) is 11.5 Å². The van der Waals surface area contributed by atoms with Crippen LogP contribution in [0.5, 0.6) is 11.5 Å². The topological polar surface area (TPSA) is 30.5 Å². The lowest BCUT2D eigenvalue weighted by Gasteiger charge is -2.27. The Morgan fingerprint density at radius 1 is 1.15 bits per heavy atom. The molecule has 0 spiro atoms. The zero-order valence-corrected chi connectivity index (χ0v) is 7.25. The van der Waals surface area contributed by atoms with E-state index in [0.717, 1.165) is 24.6 Å². The lowest BCUT2D eigenvalue weighted by molar-refractivity contribution is 0.174. The van der Waals surface area contributed by atoms with Gasteiger partial charge in [-0.15, -0.1) is 0 Å². The standard InChI is InChI=1S/C10H11NO2/c1-2-9-10(13-6-12-9)3-7(1)8-4-11-5-8/h1-3,8,11H,4-6H2. The third-order valence-electron chi connectivity index (χ3n) is 2.65. The Labute approximate surface area is 76.7 Å². The molecule has 1 aromatic rings. The Kier molecular flexibility index (Phi) is 1.46. The zero-order valence-electron chi connectivity index (χ0n) is 7.25. The molecule has 68 valence electrons. The van der Waals surface area contributed by atoms with Crippen molar-refractivity contribution < 1.29 is 9.47 Å². The molecular formula is C10H11NO2. The zero-order chi connectivity index (χ0) is 8.67. The van der Waals surface area contributed by atoms with Gasteiger partial charge in [0.2, 0.25) is 6.79 Å². The maximum Gasteiger partial charge on any atom is 0.231 e. The van der Waals surface area contributed by atoms with Crippen LogP contribution in [0.2, 0.25) is 0 Å². The molecule has 0 unspecified atom stereocenters. The van der Waals surface area contributed by atoms with Crippen molar-refractivity contribution in [2.24, 2.45) is 0 Å². The van der Waals surface area contributed by atoms with Gasteiger partial charge in [-0.25, -0.2) is 0 Å². The van der Waals surface area contributed by atoms with E-state index < -0.39 is 0 Å². The molecule has 0 aliphatic carbocycles. The second-order valence-corrected chi connectivity index (χ2v) is 3.47. The largest absolute Gasteiger partial charge is 0.454 e. The average molecular weight is 177 g/mol.